The van der Waals surface area contributed by atoms with Gasteiger partial charge in [0.1, 0.15) is 16.4 Å². The molecule has 1 saturated heterocycles. The number of anilines is 1. The summed E-state index contributed by atoms with van der Waals surface area (Å²) in [6, 6.07) is 13.0. The molecule has 1 heterocycles. The lowest BCUT2D eigenvalue weighted by Gasteiger charge is -2.28. The lowest BCUT2D eigenvalue weighted by molar-refractivity contribution is 0.246. The molecule has 30 heavy (non-hydrogen) atoms. The lowest BCUT2D eigenvalue weighted by Crippen LogP contribution is -2.37. The van der Waals surface area contributed by atoms with Crippen LogP contribution in [-0.2, 0) is 10.0 Å². The molecule has 0 aromatic heterocycles. The first-order valence-corrected chi connectivity index (χ1v) is 11.6. The van der Waals surface area contributed by atoms with Crippen LogP contribution in [0.2, 0.25) is 0 Å². The number of ether oxygens (including phenoxy) is 2. The van der Waals surface area contributed by atoms with Crippen LogP contribution in [0.15, 0.2) is 47.4 Å². The number of hydrogen-bond donors (Lipinski definition) is 1. The van der Waals surface area contributed by atoms with E-state index >= 15 is 0 Å². The first kappa shape index (κ1) is 22.4. The van der Waals surface area contributed by atoms with E-state index in [9.17, 15) is 8.42 Å². The van der Waals surface area contributed by atoms with Gasteiger partial charge in [0.25, 0.3) is 0 Å². The molecule has 3 rings (SSSR count). The fourth-order valence-corrected chi connectivity index (χ4v) is 4.99. The maximum absolute atomic E-state index is 13.1. The van der Waals surface area contributed by atoms with Crippen molar-refractivity contribution in [3.63, 3.8) is 0 Å². The molecule has 1 atom stereocenters. The highest BCUT2D eigenvalue weighted by atomic mass is 32.2. The van der Waals surface area contributed by atoms with E-state index in [4.69, 9.17) is 9.47 Å². The molecular formula is C22H31N3O4S. The van der Waals surface area contributed by atoms with E-state index in [1.807, 2.05) is 19.0 Å². The summed E-state index contributed by atoms with van der Waals surface area (Å²) in [5.41, 5.74) is 2.21. The second-order valence-corrected chi connectivity index (χ2v) is 9.35. The normalized spacial score (nSPS) is 15.7. The first-order valence-electron chi connectivity index (χ1n) is 10.1. The zero-order valence-electron chi connectivity index (χ0n) is 18.1. The van der Waals surface area contributed by atoms with Crippen molar-refractivity contribution >= 4 is 15.7 Å². The average molecular weight is 434 g/mol. The number of hydrogen-bond acceptors (Lipinski definition) is 6. The van der Waals surface area contributed by atoms with Gasteiger partial charge in [0.2, 0.25) is 10.0 Å². The van der Waals surface area contributed by atoms with E-state index < -0.39 is 10.0 Å². The van der Waals surface area contributed by atoms with E-state index in [1.54, 1.807) is 12.1 Å². The minimum Gasteiger partial charge on any atom is -0.497 e. The van der Waals surface area contributed by atoms with Crippen LogP contribution >= 0.6 is 0 Å². The van der Waals surface area contributed by atoms with Crippen LogP contribution in [0.3, 0.4) is 0 Å². The van der Waals surface area contributed by atoms with Crippen LogP contribution in [0.4, 0.5) is 5.69 Å². The third kappa shape index (κ3) is 5.06. The molecule has 0 spiro atoms. The van der Waals surface area contributed by atoms with Gasteiger partial charge in [-0.25, -0.2) is 13.1 Å². The Bertz CT molecular complexity index is 939. The summed E-state index contributed by atoms with van der Waals surface area (Å²) in [4.78, 5) is 4.47. The van der Waals surface area contributed by atoms with Gasteiger partial charge in [-0.3, -0.25) is 4.90 Å². The number of sulfonamides is 1. The van der Waals surface area contributed by atoms with Gasteiger partial charge in [0, 0.05) is 38.4 Å². The first-order chi connectivity index (χ1) is 14.4. The van der Waals surface area contributed by atoms with E-state index in [0.29, 0.717) is 5.75 Å². The van der Waals surface area contributed by atoms with Crippen molar-refractivity contribution < 1.29 is 17.9 Å². The molecule has 164 valence electrons. The Hall–Kier alpha value is -2.29. The van der Waals surface area contributed by atoms with Crippen molar-refractivity contribution in [1.82, 2.24) is 9.62 Å². The number of rotatable bonds is 9. The third-order valence-corrected chi connectivity index (χ3v) is 6.95. The highest BCUT2D eigenvalue weighted by molar-refractivity contribution is 7.89. The van der Waals surface area contributed by atoms with Crippen molar-refractivity contribution in [2.45, 2.75) is 23.8 Å². The van der Waals surface area contributed by atoms with Crippen LogP contribution in [-0.4, -0.2) is 61.3 Å². The summed E-state index contributed by atoms with van der Waals surface area (Å²) in [5, 5.41) is 0. The second kappa shape index (κ2) is 9.68. The molecule has 0 bridgehead atoms. The monoisotopic (exact) mass is 433 g/mol. The van der Waals surface area contributed by atoms with Gasteiger partial charge in [-0.15, -0.1) is 0 Å². The van der Waals surface area contributed by atoms with Crippen LogP contribution in [0.1, 0.15) is 24.4 Å². The molecule has 1 aliphatic heterocycles. The quantitative estimate of drug-likeness (QED) is 0.656. The zero-order valence-corrected chi connectivity index (χ0v) is 18.9. The Morgan fingerprint density at radius 2 is 1.70 bits per heavy atom. The third-order valence-electron chi connectivity index (χ3n) is 5.50. The van der Waals surface area contributed by atoms with Gasteiger partial charge in [0.05, 0.1) is 14.2 Å². The topological polar surface area (TPSA) is 71.1 Å². The minimum atomic E-state index is -3.78. The predicted octanol–water partition coefficient (Wildman–Crippen LogP) is 2.89. The Morgan fingerprint density at radius 1 is 1.03 bits per heavy atom. The Balaban J connectivity index is 1.85. The van der Waals surface area contributed by atoms with E-state index in [-0.39, 0.29) is 23.2 Å². The molecule has 0 unspecified atom stereocenters. The summed E-state index contributed by atoms with van der Waals surface area (Å²) in [5.74, 6) is 0.753. The van der Waals surface area contributed by atoms with Gasteiger partial charge in [0.15, 0.2) is 0 Å². The van der Waals surface area contributed by atoms with Crippen molar-refractivity contribution in [2.75, 3.05) is 52.8 Å². The number of benzene rings is 2. The summed E-state index contributed by atoms with van der Waals surface area (Å²) in [6.07, 6.45) is 2.26. The molecule has 0 aliphatic carbocycles. The fourth-order valence-electron chi connectivity index (χ4n) is 3.77. The molecule has 1 N–H and O–H groups in total. The number of likely N-dealkylation sites (tertiary alicyclic amines) is 1. The molecule has 2 aromatic carbocycles. The highest BCUT2D eigenvalue weighted by Crippen LogP contribution is 2.30. The summed E-state index contributed by atoms with van der Waals surface area (Å²) in [7, 11) is 3.19. The SMILES string of the molecule is COc1ccc(OC)c(S(=O)(=O)NC[C@@H](c2ccc(N(C)C)cc2)N2CCCC2)c1. The summed E-state index contributed by atoms with van der Waals surface area (Å²) >= 11 is 0. The Morgan fingerprint density at radius 3 is 2.27 bits per heavy atom. The number of nitrogens with zero attached hydrogens (tertiary/aromatic N) is 2. The van der Waals surface area contributed by atoms with Gasteiger partial charge in [-0.1, -0.05) is 12.1 Å². The average Bonchev–Trinajstić information content (AvgIpc) is 3.28. The van der Waals surface area contributed by atoms with Crippen LogP contribution in [0, 0.1) is 0 Å². The Labute approximate surface area is 179 Å². The lowest BCUT2D eigenvalue weighted by atomic mass is 10.1. The van der Waals surface area contributed by atoms with E-state index in [0.717, 1.165) is 37.2 Å². The van der Waals surface area contributed by atoms with Crippen molar-refractivity contribution in [3.8, 4) is 11.5 Å². The van der Waals surface area contributed by atoms with Gasteiger partial charge in [-0.05, 0) is 55.8 Å². The molecule has 0 radical (unpaired) electrons. The van der Waals surface area contributed by atoms with E-state index in [2.05, 4.69) is 33.9 Å². The van der Waals surface area contributed by atoms with Gasteiger partial charge >= 0.3 is 0 Å². The summed E-state index contributed by atoms with van der Waals surface area (Å²) < 4.78 is 39.5. The molecular weight excluding hydrogens is 402 g/mol. The minimum absolute atomic E-state index is 0.0323. The van der Waals surface area contributed by atoms with Crippen LogP contribution in [0.25, 0.3) is 0 Å². The molecule has 2 aromatic rings. The van der Waals surface area contributed by atoms with Crippen molar-refractivity contribution in [3.05, 3.63) is 48.0 Å². The number of nitrogens with one attached hydrogen (secondary N) is 1. The molecule has 1 fully saturated rings. The molecule has 0 amide bonds. The summed E-state index contributed by atoms with van der Waals surface area (Å²) in [6.45, 7) is 2.21. The fraction of sp³-hybridized carbons (Fsp3) is 0.455. The van der Waals surface area contributed by atoms with E-state index in [1.165, 1.54) is 20.3 Å². The molecule has 1 aliphatic rings. The molecule has 8 heteroatoms. The van der Waals surface area contributed by atoms with Crippen molar-refractivity contribution in [2.24, 2.45) is 0 Å². The van der Waals surface area contributed by atoms with Gasteiger partial charge in [-0.2, -0.15) is 0 Å². The van der Waals surface area contributed by atoms with Gasteiger partial charge < -0.3 is 14.4 Å². The predicted molar refractivity (Wildman–Crippen MR) is 119 cm³/mol. The zero-order chi connectivity index (χ0) is 21.7. The molecule has 7 nitrogen and oxygen atoms in total. The molecule has 0 saturated carbocycles. The van der Waals surface area contributed by atoms with Crippen LogP contribution < -0.4 is 19.1 Å². The highest BCUT2D eigenvalue weighted by Gasteiger charge is 2.27. The maximum Gasteiger partial charge on any atom is 0.244 e. The van der Waals surface area contributed by atoms with Crippen molar-refractivity contribution in [1.29, 1.82) is 0 Å². The Kier molecular flexibility index (Phi) is 7.23. The standard InChI is InChI=1S/C22H31N3O4S/c1-24(2)18-9-7-17(8-10-18)20(25-13-5-6-14-25)16-23-30(26,27)22-15-19(28-3)11-12-21(22)29-4/h7-12,15,20,23H,5-6,13-14,16H2,1-4H3/t20-/m0/s1. The largest absolute Gasteiger partial charge is 0.497 e. The second-order valence-electron chi connectivity index (χ2n) is 7.61. The maximum atomic E-state index is 13.1. The number of methoxy groups -OCH3 is 2. The van der Waals surface area contributed by atoms with Crippen LogP contribution in [0.5, 0.6) is 11.5 Å². The smallest absolute Gasteiger partial charge is 0.244 e.